The number of azo groups is 1. The highest BCUT2D eigenvalue weighted by atomic mass is 16.5. The third kappa shape index (κ3) is 9.16. The number of rotatable bonds is 14. The highest BCUT2D eigenvalue weighted by molar-refractivity contribution is 5.43. The van der Waals surface area contributed by atoms with E-state index < -0.39 is 0 Å². The summed E-state index contributed by atoms with van der Waals surface area (Å²) in [5.41, 5.74) is 3.11. The molecule has 152 valence electrons. The van der Waals surface area contributed by atoms with Crippen LogP contribution >= 0.6 is 0 Å². The molecule has 2 aromatic carbocycles. The Hall–Kier alpha value is -2.16. The van der Waals surface area contributed by atoms with Crippen molar-refractivity contribution in [2.75, 3.05) is 6.61 Å². The second-order valence-corrected chi connectivity index (χ2v) is 7.43. The van der Waals surface area contributed by atoms with E-state index in [1.165, 1.54) is 56.9 Å². The van der Waals surface area contributed by atoms with Crippen molar-refractivity contribution >= 4 is 11.4 Å². The summed E-state index contributed by atoms with van der Waals surface area (Å²) in [6.07, 6.45) is 12.6. The van der Waals surface area contributed by atoms with Gasteiger partial charge in [-0.15, -0.1) is 0 Å². The minimum Gasteiger partial charge on any atom is -0.494 e. The lowest BCUT2D eigenvalue weighted by Gasteiger charge is -2.06. The average molecular weight is 381 g/mol. The molecule has 0 unspecified atom stereocenters. The number of unbranched alkanes of at least 4 members (excludes halogenated alkanes) is 7. The Morgan fingerprint density at radius 3 is 1.79 bits per heavy atom. The third-order valence-corrected chi connectivity index (χ3v) is 4.89. The van der Waals surface area contributed by atoms with Crippen LogP contribution < -0.4 is 4.74 Å². The predicted molar refractivity (Wildman–Crippen MR) is 119 cm³/mol. The molecule has 0 fully saturated rings. The number of benzene rings is 2. The fraction of sp³-hybridized carbons (Fsp3) is 0.520. The van der Waals surface area contributed by atoms with Gasteiger partial charge in [0.2, 0.25) is 0 Å². The Labute approximate surface area is 171 Å². The van der Waals surface area contributed by atoms with Crippen LogP contribution in [0, 0.1) is 0 Å². The van der Waals surface area contributed by atoms with Crippen LogP contribution in [0.5, 0.6) is 5.75 Å². The Morgan fingerprint density at radius 1 is 0.607 bits per heavy atom. The van der Waals surface area contributed by atoms with Gasteiger partial charge in [-0.05, 0) is 61.2 Å². The van der Waals surface area contributed by atoms with Crippen LogP contribution in [0.4, 0.5) is 11.4 Å². The minimum absolute atomic E-state index is 0.789. The van der Waals surface area contributed by atoms with Gasteiger partial charge in [-0.25, -0.2) is 0 Å². The van der Waals surface area contributed by atoms with Crippen molar-refractivity contribution in [3.63, 3.8) is 0 Å². The SMILES string of the molecule is CCCCCCCCOc1ccc(N=Nc2ccc(CCCCC)cc2)cc1. The van der Waals surface area contributed by atoms with Crippen molar-refractivity contribution in [2.24, 2.45) is 10.2 Å². The van der Waals surface area contributed by atoms with Crippen LogP contribution in [-0.2, 0) is 6.42 Å². The summed E-state index contributed by atoms with van der Waals surface area (Å²) >= 11 is 0. The summed E-state index contributed by atoms with van der Waals surface area (Å²) in [5.74, 6) is 0.906. The van der Waals surface area contributed by atoms with E-state index in [0.717, 1.165) is 36.6 Å². The van der Waals surface area contributed by atoms with Gasteiger partial charge in [0.25, 0.3) is 0 Å². The molecule has 0 radical (unpaired) electrons. The number of hydrogen-bond donors (Lipinski definition) is 0. The molecule has 0 heterocycles. The lowest BCUT2D eigenvalue weighted by atomic mass is 10.1. The summed E-state index contributed by atoms with van der Waals surface area (Å²) in [6, 6.07) is 16.3. The molecule has 3 nitrogen and oxygen atoms in total. The molecule has 0 N–H and O–H groups in total. The number of ether oxygens (including phenoxy) is 1. The van der Waals surface area contributed by atoms with E-state index in [1.54, 1.807) is 0 Å². The van der Waals surface area contributed by atoms with Crippen LogP contribution in [0.25, 0.3) is 0 Å². The molecule has 0 bridgehead atoms. The second kappa shape index (κ2) is 13.9. The van der Waals surface area contributed by atoms with Gasteiger partial charge < -0.3 is 4.74 Å². The van der Waals surface area contributed by atoms with Gasteiger partial charge in [0.15, 0.2) is 0 Å². The first kappa shape index (κ1) is 22.1. The molecule has 2 rings (SSSR count). The van der Waals surface area contributed by atoms with Crippen LogP contribution in [0.2, 0.25) is 0 Å². The van der Waals surface area contributed by atoms with Crippen molar-refractivity contribution in [3.05, 3.63) is 54.1 Å². The van der Waals surface area contributed by atoms with Crippen molar-refractivity contribution in [2.45, 2.75) is 78.1 Å². The van der Waals surface area contributed by atoms with Crippen LogP contribution in [0.3, 0.4) is 0 Å². The van der Waals surface area contributed by atoms with E-state index in [1.807, 2.05) is 36.4 Å². The zero-order valence-corrected chi connectivity index (χ0v) is 17.7. The first-order valence-electron chi connectivity index (χ1n) is 11.1. The molecule has 0 saturated carbocycles. The Bertz CT molecular complexity index is 662. The van der Waals surface area contributed by atoms with Crippen molar-refractivity contribution in [1.29, 1.82) is 0 Å². The topological polar surface area (TPSA) is 34.0 Å². The number of nitrogens with zero attached hydrogens (tertiary/aromatic N) is 2. The number of hydrogen-bond acceptors (Lipinski definition) is 3. The van der Waals surface area contributed by atoms with Crippen molar-refractivity contribution < 1.29 is 4.74 Å². The normalized spacial score (nSPS) is 11.2. The largest absolute Gasteiger partial charge is 0.494 e. The standard InChI is InChI=1S/C25H36N2O/c1-3-5-7-8-9-11-21-28-25-19-17-24(18-20-25)27-26-23-15-13-22(14-16-23)12-10-6-4-2/h13-20H,3-12,21H2,1-2H3. The zero-order valence-electron chi connectivity index (χ0n) is 17.7. The van der Waals surface area contributed by atoms with Crippen LogP contribution in [0.15, 0.2) is 58.8 Å². The maximum Gasteiger partial charge on any atom is 0.119 e. The highest BCUT2D eigenvalue weighted by Crippen LogP contribution is 2.22. The van der Waals surface area contributed by atoms with E-state index >= 15 is 0 Å². The summed E-state index contributed by atoms with van der Waals surface area (Å²) < 4.78 is 5.81. The molecule has 0 atom stereocenters. The first-order valence-corrected chi connectivity index (χ1v) is 11.1. The minimum atomic E-state index is 0.789. The van der Waals surface area contributed by atoms with Crippen molar-refractivity contribution in [3.8, 4) is 5.75 Å². The Morgan fingerprint density at radius 2 is 1.14 bits per heavy atom. The van der Waals surface area contributed by atoms with E-state index in [2.05, 4.69) is 36.2 Å². The van der Waals surface area contributed by atoms with Gasteiger partial charge in [-0.3, -0.25) is 0 Å². The quantitative estimate of drug-likeness (QED) is 0.239. The molecule has 2 aromatic rings. The van der Waals surface area contributed by atoms with Gasteiger partial charge in [0.05, 0.1) is 18.0 Å². The molecule has 28 heavy (non-hydrogen) atoms. The number of aryl methyl sites for hydroxylation is 1. The molecular formula is C25H36N2O. The zero-order chi connectivity index (χ0) is 19.9. The average Bonchev–Trinajstić information content (AvgIpc) is 2.73. The molecule has 0 aromatic heterocycles. The summed E-state index contributed by atoms with van der Waals surface area (Å²) in [4.78, 5) is 0. The molecular weight excluding hydrogens is 344 g/mol. The van der Waals surface area contributed by atoms with E-state index in [-0.39, 0.29) is 0 Å². The predicted octanol–water partition coefficient (Wildman–Crippen LogP) is 8.57. The maximum absolute atomic E-state index is 5.81. The molecule has 0 amide bonds. The summed E-state index contributed by atoms with van der Waals surface area (Å²) in [7, 11) is 0. The molecule has 0 aliphatic heterocycles. The van der Waals surface area contributed by atoms with Crippen molar-refractivity contribution in [1.82, 2.24) is 0 Å². The fourth-order valence-electron chi connectivity index (χ4n) is 3.11. The van der Waals surface area contributed by atoms with Gasteiger partial charge in [-0.1, -0.05) is 70.9 Å². The fourth-order valence-corrected chi connectivity index (χ4v) is 3.11. The lowest BCUT2D eigenvalue weighted by Crippen LogP contribution is -1.96. The highest BCUT2D eigenvalue weighted by Gasteiger charge is 1.97. The lowest BCUT2D eigenvalue weighted by molar-refractivity contribution is 0.304. The summed E-state index contributed by atoms with van der Waals surface area (Å²) in [5, 5.41) is 8.67. The molecule has 0 spiro atoms. The van der Waals surface area contributed by atoms with E-state index in [9.17, 15) is 0 Å². The molecule has 0 aliphatic rings. The van der Waals surface area contributed by atoms with E-state index in [0.29, 0.717) is 0 Å². The van der Waals surface area contributed by atoms with Gasteiger partial charge in [-0.2, -0.15) is 10.2 Å². The molecule has 0 aliphatic carbocycles. The Balaban J connectivity index is 1.71. The monoisotopic (exact) mass is 380 g/mol. The molecule has 3 heteroatoms. The first-order chi connectivity index (χ1) is 13.8. The van der Waals surface area contributed by atoms with E-state index in [4.69, 9.17) is 4.74 Å². The van der Waals surface area contributed by atoms with Gasteiger partial charge >= 0.3 is 0 Å². The summed E-state index contributed by atoms with van der Waals surface area (Å²) in [6.45, 7) is 5.27. The van der Waals surface area contributed by atoms with Gasteiger partial charge in [0, 0.05) is 0 Å². The third-order valence-electron chi connectivity index (χ3n) is 4.89. The molecule has 0 saturated heterocycles. The smallest absolute Gasteiger partial charge is 0.119 e. The van der Waals surface area contributed by atoms with Crippen LogP contribution in [-0.4, -0.2) is 6.61 Å². The van der Waals surface area contributed by atoms with Gasteiger partial charge in [0.1, 0.15) is 5.75 Å². The second-order valence-electron chi connectivity index (χ2n) is 7.43. The Kier molecular flexibility index (Phi) is 11.0. The maximum atomic E-state index is 5.81. The van der Waals surface area contributed by atoms with Crippen LogP contribution in [0.1, 0.15) is 77.2 Å².